The second-order valence-corrected chi connectivity index (χ2v) is 18.9. The minimum absolute atomic E-state index is 0.0841. The summed E-state index contributed by atoms with van der Waals surface area (Å²) in [5.41, 5.74) is -2.19. The summed E-state index contributed by atoms with van der Waals surface area (Å²) < 4.78 is 60.2. The third-order valence-electron chi connectivity index (χ3n) is 13.6. The number of rotatable bonds is 8. The molecule has 0 aliphatic heterocycles. The zero-order chi connectivity index (χ0) is 28.2. The summed E-state index contributed by atoms with van der Waals surface area (Å²) in [7, 11) is -7.56. The Morgan fingerprint density at radius 1 is 0.632 bits per heavy atom. The van der Waals surface area contributed by atoms with E-state index >= 15 is 0 Å². The van der Waals surface area contributed by atoms with Crippen LogP contribution in [0.3, 0.4) is 0 Å². The van der Waals surface area contributed by atoms with Crippen LogP contribution >= 0.6 is 0 Å². The van der Waals surface area contributed by atoms with Gasteiger partial charge in [0.15, 0.2) is 0 Å². The molecule has 0 amide bonds. The highest BCUT2D eigenvalue weighted by molar-refractivity contribution is 7.89. The average molecular weight is 575 g/mol. The van der Waals surface area contributed by atoms with Gasteiger partial charge < -0.3 is 10.2 Å². The van der Waals surface area contributed by atoms with E-state index in [0.717, 1.165) is 25.7 Å². The van der Waals surface area contributed by atoms with Gasteiger partial charge in [-0.05, 0) is 73.0 Å². The van der Waals surface area contributed by atoms with Crippen molar-refractivity contribution in [2.75, 3.05) is 11.5 Å². The summed E-state index contributed by atoms with van der Waals surface area (Å²) in [5, 5.41) is 22.0. The number of sulfonamides is 2. The topological polar surface area (TPSA) is 133 Å². The lowest BCUT2D eigenvalue weighted by molar-refractivity contribution is 0.0138. The monoisotopic (exact) mass is 574 g/mol. The Bertz CT molecular complexity index is 1090. The molecule has 38 heavy (non-hydrogen) atoms. The fourth-order valence-electron chi connectivity index (χ4n) is 9.91. The molecule has 5 aliphatic carbocycles. The summed E-state index contributed by atoms with van der Waals surface area (Å²) in [5.74, 6) is -0.274. The van der Waals surface area contributed by atoms with E-state index < -0.39 is 55.2 Å². The number of hydrogen-bond acceptors (Lipinski definition) is 6. The largest absolute Gasteiger partial charge is 0.392 e. The van der Waals surface area contributed by atoms with E-state index in [9.17, 15) is 27.0 Å². The van der Waals surface area contributed by atoms with Crippen LogP contribution in [-0.4, -0.2) is 62.8 Å². The minimum Gasteiger partial charge on any atom is -0.392 e. The molecular weight excluding hydrogens is 524 g/mol. The van der Waals surface area contributed by atoms with Gasteiger partial charge in [-0.3, -0.25) is 0 Å². The maximum absolute atomic E-state index is 13.6. The van der Waals surface area contributed by atoms with Crippen LogP contribution in [0, 0.1) is 32.5 Å². The Labute approximate surface area is 230 Å². The molecule has 8 atom stereocenters. The maximum atomic E-state index is 13.6. The molecule has 5 rings (SSSR count). The SMILES string of the molecule is CC1(C)[C@]2(C)CC[C@@]1(CS(=O)(=O)N[C@@H]1CCCC[C@H]1NS(=O)(=O)C[C@]13CC[C@](C)(C[C@H]1O)C3(C)C)[C@H](O)C2. The van der Waals surface area contributed by atoms with Gasteiger partial charge in [0.1, 0.15) is 0 Å². The molecule has 10 heteroatoms. The summed E-state index contributed by atoms with van der Waals surface area (Å²) in [6, 6.07) is -1.05. The normalized spacial score (nSPS) is 47.6. The van der Waals surface area contributed by atoms with Crippen molar-refractivity contribution in [1.29, 1.82) is 0 Å². The highest BCUT2D eigenvalue weighted by Gasteiger charge is 2.71. The van der Waals surface area contributed by atoms with E-state index in [2.05, 4.69) is 51.0 Å². The Morgan fingerprint density at radius 2 is 0.974 bits per heavy atom. The van der Waals surface area contributed by atoms with E-state index in [1.165, 1.54) is 0 Å². The molecule has 4 N–H and O–H groups in total. The zero-order valence-corrected chi connectivity index (χ0v) is 25.8. The van der Waals surface area contributed by atoms with E-state index in [-0.39, 0.29) is 33.2 Å². The molecule has 0 aromatic heterocycles. The van der Waals surface area contributed by atoms with E-state index in [4.69, 9.17) is 0 Å². The van der Waals surface area contributed by atoms with Crippen molar-refractivity contribution in [2.24, 2.45) is 32.5 Å². The van der Waals surface area contributed by atoms with Gasteiger partial charge in [0.25, 0.3) is 0 Å². The predicted molar refractivity (Wildman–Crippen MR) is 148 cm³/mol. The Balaban J connectivity index is 1.31. The van der Waals surface area contributed by atoms with Crippen molar-refractivity contribution < 1.29 is 27.0 Å². The molecule has 0 saturated heterocycles. The van der Waals surface area contributed by atoms with Crippen molar-refractivity contribution >= 4 is 20.0 Å². The molecule has 4 bridgehead atoms. The van der Waals surface area contributed by atoms with Crippen LogP contribution in [-0.2, 0) is 20.0 Å². The summed E-state index contributed by atoms with van der Waals surface area (Å²) >= 11 is 0. The summed E-state index contributed by atoms with van der Waals surface area (Å²) in [6.07, 6.45) is 5.88. The second-order valence-electron chi connectivity index (χ2n) is 15.4. The molecule has 5 saturated carbocycles. The first-order valence-electron chi connectivity index (χ1n) is 14.6. The first-order chi connectivity index (χ1) is 17.3. The van der Waals surface area contributed by atoms with Crippen molar-refractivity contribution in [3.8, 4) is 0 Å². The van der Waals surface area contributed by atoms with Crippen molar-refractivity contribution in [3.05, 3.63) is 0 Å². The van der Waals surface area contributed by atoms with Crippen molar-refractivity contribution in [2.45, 2.75) is 130 Å². The van der Waals surface area contributed by atoms with Gasteiger partial charge in [0.05, 0.1) is 23.7 Å². The average Bonchev–Trinajstić information content (AvgIpc) is 3.20. The summed E-state index contributed by atoms with van der Waals surface area (Å²) in [4.78, 5) is 0. The lowest BCUT2D eigenvalue weighted by atomic mass is 9.65. The van der Waals surface area contributed by atoms with Gasteiger partial charge in [0.2, 0.25) is 20.0 Å². The van der Waals surface area contributed by atoms with Gasteiger partial charge in [-0.15, -0.1) is 0 Å². The molecule has 5 fully saturated rings. The fraction of sp³-hybridized carbons (Fsp3) is 1.00. The molecule has 220 valence electrons. The van der Waals surface area contributed by atoms with Crippen LogP contribution < -0.4 is 9.44 Å². The Morgan fingerprint density at radius 3 is 1.24 bits per heavy atom. The first-order valence-corrected chi connectivity index (χ1v) is 17.9. The molecule has 0 heterocycles. The van der Waals surface area contributed by atoms with Gasteiger partial charge >= 0.3 is 0 Å². The highest BCUT2D eigenvalue weighted by atomic mass is 32.2. The van der Waals surface area contributed by atoms with Crippen LogP contribution in [0.15, 0.2) is 0 Å². The smallest absolute Gasteiger partial charge is 0.212 e. The lowest BCUT2D eigenvalue weighted by Gasteiger charge is -2.43. The van der Waals surface area contributed by atoms with Crippen LogP contribution in [0.4, 0.5) is 0 Å². The third-order valence-corrected chi connectivity index (χ3v) is 16.8. The van der Waals surface area contributed by atoms with E-state index in [0.29, 0.717) is 38.5 Å². The third kappa shape index (κ3) is 3.93. The number of fused-ring (bicyclic) bond motifs is 4. The molecule has 0 aromatic rings. The van der Waals surface area contributed by atoms with Crippen LogP contribution in [0.5, 0.6) is 0 Å². The van der Waals surface area contributed by atoms with Gasteiger partial charge in [-0.1, -0.05) is 54.4 Å². The van der Waals surface area contributed by atoms with Gasteiger partial charge in [-0.25, -0.2) is 26.3 Å². The van der Waals surface area contributed by atoms with E-state index in [1.807, 2.05) is 0 Å². The van der Waals surface area contributed by atoms with Crippen LogP contribution in [0.25, 0.3) is 0 Å². The van der Waals surface area contributed by atoms with Crippen LogP contribution in [0.2, 0.25) is 0 Å². The predicted octanol–water partition coefficient (Wildman–Crippen LogP) is 3.29. The fourth-order valence-corrected chi connectivity index (χ4v) is 14.3. The van der Waals surface area contributed by atoms with Crippen molar-refractivity contribution in [3.63, 3.8) is 0 Å². The summed E-state index contributed by atoms with van der Waals surface area (Å²) in [6.45, 7) is 12.7. The van der Waals surface area contributed by atoms with E-state index in [1.54, 1.807) is 0 Å². The van der Waals surface area contributed by atoms with Crippen LogP contribution in [0.1, 0.15) is 106 Å². The molecule has 0 unspecified atom stereocenters. The Hall–Kier alpha value is -0.260. The number of nitrogens with one attached hydrogen (secondary N) is 2. The number of aliphatic hydroxyl groups is 2. The molecular formula is C28H50N2O6S2. The first kappa shape index (κ1) is 29.2. The van der Waals surface area contributed by atoms with Gasteiger partial charge in [0, 0.05) is 22.9 Å². The zero-order valence-electron chi connectivity index (χ0n) is 24.1. The molecule has 5 aliphatic rings. The maximum Gasteiger partial charge on any atom is 0.212 e. The highest BCUT2D eigenvalue weighted by Crippen LogP contribution is 2.73. The molecule has 0 radical (unpaired) electrons. The standard InChI is InChI=1S/C28H50N2O6S2/c1-23(2)25(5)11-13-27(23,21(31)15-25)17-37(33,34)29-19-9-7-8-10-20(19)30-38(35,36)18-28-14-12-26(6,16-22(28)32)24(28,3)4/h19-22,29-32H,7-18H2,1-6H3/t19-,20-,21-,22-,25-,26-,27-,28-/m1/s1. The quantitative estimate of drug-likeness (QED) is 0.352. The van der Waals surface area contributed by atoms with Gasteiger partial charge in [-0.2, -0.15) is 0 Å². The molecule has 0 spiro atoms. The lowest BCUT2D eigenvalue weighted by Crippen LogP contribution is -2.57. The molecule has 8 nitrogen and oxygen atoms in total. The van der Waals surface area contributed by atoms with Crippen molar-refractivity contribution in [1.82, 2.24) is 9.44 Å². The Kier molecular flexibility index (Phi) is 6.64. The minimum atomic E-state index is -3.78. The molecule has 0 aromatic carbocycles. The number of hydrogen-bond donors (Lipinski definition) is 4. The second kappa shape index (κ2) is 8.63. The number of aliphatic hydroxyl groups excluding tert-OH is 2.